The fourth-order valence-electron chi connectivity index (χ4n) is 1.85. The summed E-state index contributed by atoms with van der Waals surface area (Å²) >= 11 is 0. The van der Waals surface area contributed by atoms with Gasteiger partial charge in [0.1, 0.15) is 17.7 Å². The van der Waals surface area contributed by atoms with Crippen molar-refractivity contribution in [2.75, 3.05) is 5.32 Å². The number of nitrogens with zero attached hydrogens (tertiary/aromatic N) is 2. The molecule has 0 saturated carbocycles. The van der Waals surface area contributed by atoms with E-state index in [0.717, 1.165) is 23.9 Å². The fraction of sp³-hybridized carbons (Fsp3) is 0.143. The van der Waals surface area contributed by atoms with Crippen molar-refractivity contribution in [1.82, 2.24) is 4.98 Å². The van der Waals surface area contributed by atoms with Crippen LogP contribution in [0.3, 0.4) is 0 Å². The highest BCUT2D eigenvalue weighted by Gasteiger charge is 2.09. The minimum absolute atomic E-state index is 0.249. The van der Waals surface area contributed by atoms with Crippen LogP contribution in [0.4, 0.5) is 20.2 Å². The van der Waals surface area contributed by atoms with Gasteiger partial charge in [0.05, 0.1) is 16.9 Å². The Morgan fingerprint density at radius 1 is 1.11 bits per heavy atom. The van der Waals surface area contributed by atoms with Gasteiger partial charge in [0.25, 0.3) is 0 Å². The number of rotatable bonds is 2. The Bertz CT molecular complexity index is 655. The Kier molecular flexibility index (Phi) is 3.43. The van der Waals surface area contributed by atoms with Crippen LogP contribution in [0.2, 0.25) is 0 Å². The summed E-state index contributed by atoms with van der Waals surface area (Å²) in [6, 6.07) is 6.80. The molecule has 1 aromatic carbocycles. The van der Waals surface area contributed by atoms with Crippen LogP contribution in [0.15, 0.2) is 24.3 Å². The van der Waals surface area contributed by atoms with E-state index in [0.29, 0.717) is 16.9 Å². The third-order valence-corrected chi connectivity index (χ3v) is 2.58. The lowest BCUT2D eigenvalue weighted by Crippen LogP contribution is -2.00. The number of pyridine rings is 1. The van der Waals surface area contributed by atoms with Crippen LogP contribution in [-0.2, 0) is 0 Å². The molecule has 0 aliphatic carbocycles. The highest BCUT2D eigenvalue weighted by molar-refractivity contribution is 5.67. The molecule has 5 heteroatoms. The van der Waals surface area contributed by atoms with Crippen molar-refractivity contribution in [2.24, 2.45) is 0 Å². The van der Waals surface area contributed by atoms with E-state index in [-0.39, 0.29) is 5.69 Å². The molecule has 0 amide bonds. The largest absolute Gasteiger partial charge is 0.354 e. The van der Waals surface area contributed by atoms with Crippen molar-refractivity contribution in [3.8, 4) is 6.07 Å². The Morgan fingerprint density at radius 2 is 1.74 bits per heavy atom. The number of anilines is 2. The normalized spacial score (nSPS) is 10.1. The summed E-state index contributed by atoms with van der Waals surface area (Å²) < 4.78 is 26.2. The van der Waals surface area contributed by atoms with E-state index in [1.807, 2.05) is 6.07 Å². The second-order valence-electron chi connectivity index (χ2n) is 4.17. The topological polar surface area (TPSA) is 48.7 Å². The molecule has 3 nitrogen and oxygen atoms in total. The van der Waals surface area contributed by atoms with Gasteiger partial charge in [0.2, 0.25) is 0 Å². The molecule has 0 spiro atoms. The van der Waals surface area contributed by atoms with Gasteiger partial charge in [0, 0.05) is 17.4 Å². The summed E-state index contributed by atoms with van der Waals surface area (Å²) in [4.78, 5) is 4.17. The van der Waals surface area contributed by atoms with Gasteiger partial charge in [-0.1, -0.05) is 0 Å². The van der Waals surface area contributed by atoms with Gasteiger partial charge < -0.3 is 5.32 Å². The summed E-state index contributed by atoms with van der Waals surface area (Å²) in [5.74, 6) is -1.35. The molecule has 0 aliphatic rings. The first kappa shape index (κ1) is 13.0. The molecule has 0 unspecified atom stereocenters. The molecule has 1 heterocycles. The zero-order valence-electron chi connectivity index (χ0n) is 10.5. The minimum Gasteiger partial charge on any atom is -0.354 e. The minimum atomic E-state index is -0.677. The van der Waals surface area contributed by atoms with Crippen LogP contribution < -0.4 is 5.32 Å². The summed E-state index contributed by atoms with van der Waals surface area (Å²) in [6.45, 7) is 3.49. The van der Waals surface area contributed by atoms with Gasteiger partial charge in [-0.15, -0.1) is 0 Å². The third kappa shape index (κ3) is 2.86. The van der Waals surface area contributed by atoms with E-state index in [1.165, 1.54) is 0 Å². The van der Waals surface area contributed by atoms with Crippen LogP contribution >= 0.6 is 0 Å². The lowest BCUT2D eigenvalue weighted by Gasteiger charge is -2.11. The van der Waals surface area contributed by atoms with Crippen molar-refractivity contribution < 1.29 is 8.78 Å². The van der Waals surface area contributed by atoms with Crippen molar-refractivity contribution >= 4 is 11.4 Å². The summed E-state index contributed by atoms with van der Waals surface area (Å²) in [5, 5.41) is 11.9. The monoisotopic (exact) mass is 259 g/mol. The Balaban J connectivity index is 2.46. The number of benzene rings is 1. The smallest absolute Gasteiger partial charge is 0.128 e. The van der Waals surface area contributed by atoms with Crippen LogP contribution in [0.1, 0.15) is 17.0 Å². The lowest BCUT2D eigenvalue weighted by atomic mass is 10.1. The van der Waals surface area contributed by atoms with Crippen LogP contribution in [-0.4, -0.2) is 4.98 Å². The van der Waals surface area contributed by atoms with E-state index < -0.39 is 11.6 Å². The maximum atomic E-state index is 13.1. The Labute approximate surface area is 109 Å². The molecule has 19 heavy (non-hydrogen) atoms. The maximum Gasteiger partial charge on any atom is 0.128 e. The first-order chi connectivity index (χ1) is 8.99. The summed E-state index contributed by atoms with van der Waals surface area (Å²) in [7, 11) is 0. The second kappa shape index (κ2) is 5.02. The predicted molar refractivity (Wildman–Crippen MR) is 68.1 cm³/mol. The van der Waals surface area contributed by atoms with Gasteiger partial charge in [-0.25, -0.2) is 8.78 Å². The number of nitrogens with one attached hydrogen (secondary N) is 1. The second-order valence-corrected chi connectivity index (χ2v) is 4.17. The first-order valence-corrected chi connectivity index (χ1v) is 5.61. The molecule has 2 rings (SSSR count). The van der Waals surface area contributed by atoms with Crippen LogP contribution in [0, 0.1) is 36.8 Å². The molecular formula is C14H11F2N3. The van der Waals surface area contributed by atoms with Gasteiger partial charge >= 0.3 is 0 Å². The number of hydrogen-bond acceptors (Lipinski definition) is 3. The lowest BCUT2D eigenvalue weighted by molar-refractivity contribution is 0.584. The van der Waals surface area contributed by atoms with E-state index in [1.54, 1.807) is 19.9 Å². The van der Waals surface area contributed by atoms with E-state index in [9.17, 15) is 8.78 Å². The van der Waals surface area contributed by atoms with Gasteiger partial charge in [-0.2, -0.15) is 5.26 Å². The maximum absolute atomic E-state index is 13.1. The molecule has 2 aromatic rings. The van der Waals surface area contributed by atoms with Crippen molar-refractivity contribution in [3.63, 3.8) is 0 Å². The van der Waals surface area contributed by atoms with Crippen molar-refractivity contribution in [3.05, 3.63) is 52.9 Å². The fourth-order valence-corrected chi connectivity index (χ4v) is 1.85. The quantitative estimate of drug-likeness (QED) is 0.896. The van der Waals surface area contributed by atoms with Gasteiger partial charge in [0.15, 0.2) is 0 Å². The molecule has 0 fully saturated rings. The van der Waals surface area contributed by atoms with E-state index in [4.69, 9.17) is 5.26 Å². The molecule has 0 atom stereocenters. The predicted octanol–water partition coefficient (Wildman–Crippen LogP) is 3.59. The highest BCUT2D eigenvalue weighted by atomic mass is 19.1. The number of halogens is 2. The van der Waals surface area contributed by atoms with Crippen molar-refractivity contribution in [1.29, 1.82) is 5.26 Å². The van der Waals surface area contributed by atoms with E-state index in [2.05, 4.69) is 10.3 Å². The number of aryl methyl sites for hydroxylation is 2. The Morgan fingerprint density at radius 3 is 2.32 bits per heavy atom. The zero-order chi connectivity index (χ0) is 14.0. The molecule has 0 bridgehead atoms. The molecule has 0 saturated heterocycles. The first-order valence-electron chi connectivity index (χ1n) is 5.61. The average Bonchev–Trinajstić information content (AvgIpc) is 2.26. The third-order valence-electron chi connectivity index (χ3n) is 2.58. The number of hydrogen-bond donors (Lipinski definition) is 1. The molecule has 1 aromatic heterocycles. The van der Waals surface area contributed by atoms with Crippen molar-refractivity contribution in [2.45, 2.75) is 13.8 Å². The molecule has 1 N–H and O–H groups in total. The zero-order valence-corrected chi connectivity index (χ0v) is 10.5. The SMILES string of the molecule is Cc1cc(Nc2cc(F)cc(F)c2)c(C#N)c(C)n1. The summed E-state index contributed by atoms with van der Waals surface area (Å²) in [5.41, 5.74) is 2.38. The number of nitriles is 1. The van der Waals surface area contributed by atoms with Gasteiger partial charge in [-0.3, -0.25) is 4.98 Å². The molecule has 96 valence electrons. The van der Waals surface area contributed by atoms with Crippen LogP contribution in [0.5, 0.6) is 0 Å². The highest BCUT2D eigenvalue weighted by Crippen LogP contribution is 2.24. The Hall–Kier alpha value is -2.48. The number of aromatic nitrogens is 1. The molecular weight excluding hydrogens is 248 g/mol. The molecule has 0 radical (unpaired) electrons. The van der Waals surface area contributed by atoms with E-state index >= 15 is 0 Å². The van der Waals surface area contributed by atoms with Crippen LogP contribution in [0.25, 0.3) is 0 Å². The molecule has 0 aliphatic heterocycles. The summed E-state index contributed by atoms with van der Waals surface area (Å²) in [6.07, 6.45) is 0. The average molecular weight is 259 g/mol. The standard InChI is InChI=1S/C14H11F2N3/c1-8-3-14(13(7-17)9(2)18-8)19-12-5-10(15)4-11(16)6-12/h3-6H,1-2H3,(H,18,19). The van der Waals surface area contributed by atoms with Gasteiger partial charge in [-0.05, 0) is 32.0 Å².